The molecule has 1 aromatic heterocycles. The van der Waals surface area contributed by atoms with Crippen LogP contribution in [0.1, 0.15) is 59.3 Å². The van der Waals surface area contributed by atoms with Crippen LogP contribution in [0.3, 0.4) is 0 Å². The molecule has 2 amide bonds. The molecule has 0 unspecified atom stereocenters. The Morgan fingerprint density at radius 3 is 2.45 bits per heavy atom. The smallest absolute Gasteiger partial charge is 0.271 e. The van der Waals surface area contributed by atoms with Gasteiger partial charge in [-0.1, -0.05) is 85.8 Å². The number of hydrogen-bond acceptors (Lipinski definition) is 6. The monoisotopic (exact) mass is 581 g/mol. The second-order valence-electron chi connectivity index (χ2n) is 10.7. The van der Waals surface area contributed by atoms with Gasteiger partial charge in [-0.05, 0) is 55.0 Å². The number of amides is 2. The fraction of sp³-hybridized carbons (Fsp3) is 0.324. The predicted octanol–water partition coefficient (Wildman–Crippen LogP) is 5.19. The normalized spacial score (nSPS) is 17.3. The van der Waals surface area contributed by atoms with Crippen molar-refractivity contribution < 1.29 is 9.59 Å². The van der Waals surface area contributed by atoms with Crippen molar-refractivity contribution in [3.63, 3.8) is 0 Å². The van der Waals surface area contributed by atoms with Gasteiger partial charge in [0.2, 0.25) is 5.91 Å². The van der Waals surface area contributed by atoms with Crippen LogP contribution in [0.15, 0.2) is 90.3 Å². The topological polar surface area (TPSA) is 100 Å². The fourth-order valence-electron chi connectivity index (χ4n) is 5.50. The molecular weight excluding hydrogens is 542 g/mol. The molecule has 4 N–H and O–H groups in total. The summed E-state index contributed by atoms with van der Waals surface area (Å²) < 4.78 is 0. The third kappa shape index (κ3) is 7.31. The van der Waals surface area contributed by atoms with Crippen LogP contribution in [0.5, 0.6) is 0 Å². The maximum absolute atomic E-state index is 13.9. The van der Waals surface area contributed by atoms with Crippen molar-refractivity contribution in [3.8, 4) is 10.6 Å². The third-order valence-electron chi connectivity index (χ3n) is 7.83. The van der Waals surface area contributed by atoms with Crippen LogP contribution in [0.2, 0.25) is 0 Å². The van der Waals surface area contributed by atoms with E-state index in [1.807, 2.05) is 53.4 Å². The van der Waals surface area contributed by atoms with Gasteiger partial charge in [0.15, 0.2) is 0 Å². The summed E-state index contributed by atoms with van der Waals surface area (Å²) in [6.07, 6.45) is 2.48. The zero-order chi connectivity index (χ0) is 29.3. The number of nitrogens with two attached hydrogens (primary N) is 1. The number of nitrogens with one attached hydrogen (secondary N) is 2. The highest BCUT2D eigenvalue weighted by Gasteiger charge is 2.33. The molecule has 0 spiro atoms. The van der Waals surface area contributed by atoms with Crippen LogP contribution in [0, 0.1) is 0 Å². The number of rotatable bonds is 11. The summed E-state index contributed by atoms with van der Waals surface area (Å²) in [4.78, 5) is 33.7. The summed E-state index contributed by atoms with van der Waals surface area (Å²) in [5, 5.41) is 9.16. The number of carbonyl (C=O) groups excluding carboxylic acids is 2. The maximum atomic E-state index is 13.9. The van der Waals surface area contributed by atoms with Crippen molar-refractivity contribution in [2.24, 2.45) is 5.73 Å². The second kappa shape index (κ2) is 14.4. The molecule has 8 heteroatoms. The fourth-order valence-corrected chi connectivity index (χ4v) is 6.30. The lowest BCUT2D eigenvalue weighted by Crippen LogP contribution is -2.52. The molecule has 1 aliphatic heterocycles. The first kappa shape index (κ1) is 29.6. The molecule has 4 aromatic rings. The van der Waals surface area contributed by atoms with E-state index < -0.39 is 6.04 Å². The molecule has 1 fully saturated rings. The number of thiazole rings is 1. The molecule has 2 atom stereocenters. The minimum absolute atomic E-state index is 0.0392. The number of benzene rings is 3. The second-order valence-corrected chi connectivity index (χ2v) is 11.6. The Morgan fingerprint density at radius 1 is 1.07 bits per heavy atom. The molecule has 218 valence electrons. The van der Waals surface area contributed by atoms with Crippen molar-refractivity contribution >= 4 is 23.2 Å². The number of carbonyl (C=O) groups is 2. The number of hydrogen-bond donors (Lipinski definition) is 3. The van der Waals surface area contributed by atoms with Crippen molar-refractivity contribution in [3.05, 3.63) is 113 Å². The minimum Gasteiger partial charge on any atom is -0.340 e. The van der Waals surface area contributed by atoms with Gasteiger partial charge in [-0.3, -0.25) is 14.9 Å². The van der Waals surface area contributed by atoms with Gasteiger partial charge in [-0.2, -0.15) is 0 Å². The van der Waals surface area contributed by atoms with Gasteiger partial charge in [-0.25, -0.2) is 4.98 Å². The Kier molecular flexibility index (Phi) is 10.1. The van der Waals surface area contributed by atoms with Gasteiger partial charge in [0.05, 0.1) is 12.2 Å². The molecule has 3 aromatic carbocycles. The van der Waals surface area contributed by atoms with E-state index in [-0.39, 0.29) is 23.9 Å². The highest BCUT2D eigenvalue weighted by molar-refractivity contribution is 7.13. The SMILES string of the molecule is CCc1cccc(-c2nc(C(=O)N[C@H]3CCN(CC(c4ccccc4)c4ccccc4)C(=O)[C@H](CCCN)N3)cs2)c1. The van der Waals surface area contributed by atoms with Crippen molar-refractivity contribution in [1.29, 1.82) is 0 Å². The molecule has 1 aliphatic rings. The van der Waals surface area contributed by atoms with Crippen molar-refractivity contribution in [2.75, 3.05) is 19.6 Å². The van der Waals surface area contributed by atoms with Crippen LogP contribution in [-0.4, -0.2) is 53.5 Å². The van der Waals surface area contributed by atoms with Crippen LogP contribution in [0.25, 0.3) is 10.6 Å². The highest BCUT2D eigenvalue weighted by Crippen LogP contribution is 2.28. The molecule has 0 aliphatic carbocycles. The van der Waals surface area contributed by atoms with Gasteiger partial charge >= 0.3 is 0 Å². The molecular formula is C34H39N5O2S. The first-order valence-electron chi connectivity index (χ1n) is 14.8. The summed E-state index contributed by atoms with van der Waals surface area (Å²) in [5.41, 5.74) is 10.8. The number of nitrogens with zero attached hydrogens (tertiary/aromatic N) is 2. The lowest BCUT2D eigenvalue weighted by molar-refractivity contribution is -0.133. The largest absolute Gasteiger partial charge is 0.340 e. The van der Waals surface area contributed by atoms with Crippen molar-refractivity contribution in [2.45, 2.75) is 50.7 Å². The van der Waals surface area contributed by atoms with E-state index in [1.165, 1.54) is 28.0 Å². The standard InChI is InChI=1S/C34H39N5O2S/c1-2-24-11-9-16-27(21-24)33-37-30(23-42-33)32(40)38-31-18-20-39(34(41)29(36-31)17-10-19-35)22-28(25-12-5-3-6-13-25)26-14-7-4-8-15-26/h3-9,11-16,21,23,28-29,31,36H,2,10,17-20,22,35H2,1H3,(H,38,40)/t29-,31-/m0/s1. The Bertz CT molecular complexity index is 1420. The first-order chi connectivity index (χ1) is 20.6. The van der Waals surface area contributed by atoms with Crippen molar-refractivity contribution in [1.82, 2.24) is 20.5 Å². The van der Waals surface area contributed by atoms with E-state index >= 15 is 0 Å². The summed E-state index contributed by atoms with van der Waals surface area (Å²) in [5.74, 6) is -0.160. The van der Waals surface area contributed by atoms with Crippen LogP contribution in [-0.2, 0) is 11.2 Å². The number of aryl methyl sites for hydroxylation is 1. The van der Waals surface area contributed by atoms with E-state index in [0.29, 0.717) is 44.6 Å². The van der Waals surface area contributed by atoms with E-state index in [4.69, 9.17) is 5.73 Å². The Balaban J connectivity index is 1.32. The Hall–Kier alpha value is -3.85. The van der Waals surface area contributed by atoms with Crippen LogP contribution >= 0.6 is 11.3 Å². The summed E-state index contributed by atoms with van der Waals surface area (Å²) in [6.45, 7) is 3.70. The van der Waals surface area contributed by atoms with Gasteiger partial charge < -0.3 is 16.0 Å². The minimum atomic E-state index is -0.434. The third-order valence-corrected chi connectivity index (χ3v) is 8.72. The van der Waals surface area contributed by atoms with E-state index in [0.717, 1.165) is 17.0 Å². The quantitative estimate of drug-likeness (QED) is 0.226. The lowest BCUT2D eigenvalue weighted by Gasteiger charge is -2.29. The zero-order valence-electron chi connectivity index (χ0n) is 24.0. The lowest BCUT2D eigenvalue weighted by atomic mass is 9.90. The summed E-state index contributed by atoms with van der Waals surface area (Å²) in [6, 6.07) is 28.5. The molecule has 2 heterocycles. The average molecular weight is 582 g/mol. The van der Waals surface area contributed by atoms with E-state index in [2.05, 4.69) is 58.9 Å². The summed E-state index contributed by atoms with van der Waals surface area (Å²) in [7, 11) is 0. The highest BCUT2D eigenvalue weighted by atomic mass is 32.1. The van der Waals surface area contributed by atoms with Gasteiger partial charge in [0.1, 0.15) is 10.7 Å². The molecule has 0 radical (unpaired) electrons. The molecule has 1 saturated heterocycles. The van der Waals surface area contributed by atoms with Crippen LogP contribution in [0.4, 0.5) is 0 Å². The molecule has 7 nitrogen and oxygen atoms in total. The first-order valence-corrected chi connectivity index (χ1v) is 15.6. The van der Waals surface area contributed by atoms with Crippen LogP contribution < -0.4 is 16.4 Å². The van der Waals surface area contributed by atoms with E-state index in [9.17, 15) is 9.59 Å². The molecule has 0 saturated carbocycles. The van der Waals surface area contributed by atoms with Gasteiger partial charge in [0.25, 0.3) is 5.91 Å². The Morgan fingerprint density at radius 2 is 1.79 bits per heavy atom. The molecule has 5 rings (SSSR count). The molecule has 42 heavy (non-hydrogen) atoms. The zero-order valence-corrected chi connectivity index (χ0v) is 24.9. The Labute approximate surface area is 252 Å². The average Bonchev–Trinajstić information content (AvgIpc) is 3.49. The maximum Gasteiger partial charge on any atom is 0.271 e. The van der Waals surface area contributed by atoms with Gasteiger partial charge in [-0.15, -0.1) is 11.3 Å². The van der Waals surface area contributed by atoms with E-state index in [1.54, 1.807) is 5.38 Å². The predicted molar refractivity (Wildman–Crippen MR) is 169 cm³/mol. The molecule has 0 bridgehead atoms. The summed E-state index contributed by atoms with van der Waals surface area (Å²) >= 11 is 1.46. The van der Waals surface area contributed by atoms with Gasteiger partial charge in [0, 0.05) is 30.0 Å². The number of aromatic nitrogens is 1.